The van der Waals surface area contributed by atoms with Crippen molar-refractivity contribution in [3.8, 4) is 16.9 Å². The van der Waals surface area contributed by atoms with E-state index in [1.165, 1.54) is 0 Å². The summed E-state index contributed by atoms with van der Waals surface area (Å²) in [5.41, 5.74) is 9.37. The van der Waals surface area contributed by atoms with Crippen LogP contribution in [0.3, 0.4) is 0 Å². The average molecular weight is 1100 g/mol. The maximum Gasteiger partial charge on any atom is 0.313 e. The van der Waals surface area contributed by atoms with E-state index >= 15 is 0 Å². The third kappa shape index (κ3) is 26.1. The van der Waals surface area contributed by atoms with Gasteiger partial charge in [0.15, 0.2) is 11.6 Å². The number of halogens is 4. The van der Waals surface area contributed by atoms with Gasteiger partial charge < -0.3 is 68.1 Å². The number of pyridine rings is 1. The Balaban J connectivity index is 0.848. The maximum absolute atomic E-state index is 13.6. The topological polar surface area (TPSA) is 245 Å². The van der Waals surface area contributed by atoms with Crippen LogP contribution in [0.15, 0.2) is 41.3 Å². The zero-order chi connectivity index (χ0) is 55.3. The van der Waals surface area contributed by atoms with Gasteiger partial charge in [-0.05, 0) is 31.4 Å². The monoisotopic (exact) mass is 1100 g/mol. The van der Waals surface area contributed by atoms with E-state index in [9.17, 15) is 31.9 Å². The van der Waals surface area contributed by atoms with Gasteiger partial charge in [0.2, 0.25) is 29.2 Å². The van der Waals surface area contributed by atoms with Gasteiger partial charge in [-0.15, -0.1) is 0 Å². The van der Waals surface area contributed by atoms with Crippen molar-refractivity contribution < 1.29 is 84.1 Å². The van der Waals surface area contributed by atoms with Crippen LogP contribution in [0.5, 0.6) is 5.75 Å². The average Bonchev–Trinajstić information content (AvgIpc) is 3.60. The Morgan fingerprint density at radius 3 is 1.51 bits per heavy atom. The number of hydrogen-bond acceptors (Lipinski definition) is 19. The lowest BCUT2D eigenvalue weighted by Crippen LogP contribution is -2.34. The number of hydrogen-bond donors (Lipinski definition) is 2. The van der Waals surface area contributed by atoms with Gasteiger partial charge in [-0.3, -0.25) is 19.4 Å². The summed E-state index contributed by atoms with van der Waals surface area (Å²) in [6, 6.07) is 1.86. The summed E-state index contributed by atoms with van der Waals surface area (Å²) in [5, 5.41) is 2.80. The molecule has 21 nitrogen and oxygen atoms in total. The minimum atomic E-state index is -1.80. The van der Waals surface area contributed by atoms with Crippen molar-refractivity contribution in [2.24, 2.45) is 10.7 Å². The second-order valence-corrected chi connectivity index (χ2v) is 16.8. The zero-order valence-electron chi connectivity index (χ0n) is 44.0. The highest BCUT2D eigenvalue weighted by Crippen LogP contribution is 2.30. The van der Waals surface area contributed by atoms with Crippen LogP contribution < -0.4 is 15.8 Å². The van der Waals surface area contributed by atoms with E-state index in [1.807, 2.05) is 24.8 Å². The molecule has 0 fully saturated rings. The molecule has 2 aromatic heterocycles. The molecule has 1 aliphatic heterocycles. The molecule has 77 heavy (non-hydrogen) atoms. The molecule has 1 aromatic carbocycles. The number of benzene rings is 1. The number of fused-ring (bicyclic) bond motifs is 1. The van der Waals surface area contributed by atoms with Crippen molar-refractivity contribution in [2.75, 3.05) is 145 Å². The van der Waals surface area contributed by atoms with Crippen LogP contribution in [-0.2, 0) is 68.3 Å². The quantitative estimate of drug-likeness (QED) is 0.0247. The van der Waals surface area contributed by atoms with Crippen LogP contribution in [0, 0.1) is 23.3 Å². The van der Waals surface area contributed by atoms with Crippen LogP contribution in [0.2, 0.25) is 0 Å². The number of rotatable bonds is 43. The first kappa shape index (κ1) is 63.9. The zero-order valence-corrected chi connectivity index (χ0v) is 44.0. The Morgan fingerprint density at radius 1 is 0.584 bits per heavy atom. The predicted molar refractivity (Wildman–Crippen MR) is 272 cm³/mol. The van der Waals surface area contributed by atoms with Crippen molar-refractivity contribution in [2.45, 2.75) is 58.9 Å². The molecule has 0 bridgehead atoms. The van der Waals surface area contributed by atoms with Gasteiger partial charge in [-0.2, -0.15) is 8.78 Å². The lowest BCUT2D eigenvalue weighted by atomic mass is 10.1. The number of nitrogens with zero attached hydrogens (tertiary/aromatic N) is 5. The lowest BCUT2D eigenvalue weighted by Gasteiger charge is -2.22. The van der Waals surface area contributed by atoms with Crippen molar-refractivity contribution in [1.29, 1.82) is 0 Å². The molecule has 1 aliphatic rings. The van der Waals surface area contributed by atoms with E-state index in [0.29, 0.717) is 159 Å². The first-order valence-electron chi connectivity index (χ1n) is 25.7. The predicted octanol–water partition coefficient (Wildman–Crippen LogP) is 5.08. The number of aromatic nitrogens is 3. The van der Waals surface area contributed by atoms with Gasteiger partial charge in [0.25, 0.3) is 0 Å². The maximum atomic E-state index is 13.6. The fourth-order valence-electron chi connectivity index (χ4n) is 6.84. The molecule has 2 amide bonds. The molecule has 0 aliphatic carbocycles. The Bertz CT molecular complexity index is 2240. The highest BCUT2D eigenvalue weighted by atomic mass is 19.2. The van der Waals surface area contributed by atoms with Gasteiger partial charge in [0, 0.05) is 80.5 Å². The molecule has 4 rings (SSSR count). The number of carbonyl (C=O) groups is 3. The summed E-state index contributed by atoms with van der Waals surface area (Å²) in [7, 11) is 0. The molecule has 3 heterocycles. The molecule has 0 saturated heterocycles. The minimum Gasteiger partial charge on any atom is -0.420 e. The van der Waals surface area contributed by atoms with Crippen LogP contribution in [0.1, 0.15) is 63.9 Å². The molecule has 0 atom stereocenters. The standard InChI is InChI=1S/C52H73F4N7O14/c1-3-8-63(9-4-2)52(66)38-30-43-44(62-45(57)32-38)31-39(34-58-43)40-35-59-46(60-36-40)37-61-47(64)6-12-69-16-20-73-25-27-76-29-28-75-26-23-72-19-15-68-11-5-10-67-14-18-71-22-24-74-21-17-70-13-7-48(65)77-51-49(55)41(53)33-42(54)50(51)56/h30-31,33-36H,3-29,32,37H2,1-2H3,(H2,57,62)(H,61,64). The summed E-state index contributed by atoms with van der Waals surface area (Å²) < 4.78 is 113. The van der Waals surface area contributed by atoms with Crippen LogP contribution in [0.4, 0.5) is 23.2 Å². The Morgan fingerprint density at radius 2 is 1.03 bits per heavy atom. The second kappa shape index (κ2) is 38.9. The lowest BCUT2D eigenvalue weighted by molar-refractivity contribution is -0.136. The number of nitrogens with one attached hydrogen (secondary N) is 1. The molecule has 3 aromatic rings. The summed E-state index contributed by atoms with van der Waals surface area (Å²) in [6.45, 7) is 12.6. The number of carbonyl (C=O) groups excluding carboxylic acids is 3. The van der Waals surface area contributed by atoms with Gasteiger partial charge >= 0.3 is 5.97 Å². The number of nitrogens with two attached hydrogens (primary N) is 1. The number of ether oxygens (including phenoxy) is 11. The summed E-state index contributed by atoms with van der Waals surface area (Å²) in [4.78, 5) is 57.1. The number of aliphatic imine (C=N–C) groups is 1. The van der Waals surface area contributed by atoms with Gasteiger partial charge in [-0.25, -0.2) is 23.7 Å². The van der Waals surface area contributed by atoms with E-state index in [2.05, 4.69) is 30.0 Å². The molecule has 0 spiro atoms. The highest BCUT2D eigenvalue weighted by Gasteiger charge is 2.24. The fraction of sp³-hybridized carbons (Fsp3) is 0.596. The smallest absolute Gasteiger partial charge is 0.313 e. The Kier molecular flexibility index (Phi) is 32.3. The first-order chi connectivity index (χ1) is 37.5. The third-order valence-corrected chi connectivity index (χ3v) is 10.6. The van der Waals surface area contributed by atoms with Gasteiger partial charge in [0.05, 0.1) is 143 Å². The Labute approximate surface area is 446 Å². The van der Waals surface area contributed by atoms with Crippen molar-refractivity contribution in [3.63, 3.8) is 0 Å². The summed E-state index contributed by atoms with van der Waals surface area (Å²) in [6.07, 6.45) is 9.23. The van der Waals surface area contributed by atoms with E-state index in [4.69, 9.17) is 53.1 Å². The van der Waals surface area contributed by atoms with Crippen molar-refractivity contribution in [1.82, 2.24) is 25.2 Å². The summed E-state index contributed by atoms with van der Waals surface area (Å²) >= 11 is 0. The molecular formula is C52H73F4N7O14. The molecule has 428 valence electrons. The van der Waals surface area contributed by atoms with Crippen LogP contribution in [0.25, 0.3) is 17.2 Å². The third-order valence-electron chi connectivity index (χ3n) is 10.6. The van der Waals surface area contributed by atoms with Gasteiger partial charge in [0.1, 0.15) is 11.7 Å². The second-order valence-electron chi connectivity index (χ2n) is 16.8. The molecule has 3 N–H and O–H groups in total. The number of esters is 1. The summed E-state index contributed by atoms with van der Waals surface area (Å²) in [5.74, 6) is -8.98. The van der Waals surface area contributed by atoms with E-state index in [-0.39, 0.29) is 63.7 Å². The van der Waals surface area contributed by atoms with Crippen molar-refractivity contribution >= 4 is 35.4 Å². The van der Waals surface area contributed by atoms with Crippen LogP contribution >= 0.6 is 0 Å². The molecular weight excluding hydrogens is 1020 g/mol. The molecule has 0 unspecified atom stereocenters. The highest BCUT2D eigenvalue weighted by molar-refractivity contribution is 6.05. The number of amidine groups is 1. The minimum absolute atomic E-state index is 0.0157. The first-order valence-corrected chi connectivity index (χ1v) is 25.7. The van der Waals surface area contributed by atoms with E-state index in [0.717, 1.165) is 18.4 Å². The van der Waals surface area contributed by atoms with Gasteiger partial charge in [-0.1, -0.05) is 13.8 Å². The van der Waals surface area contributed by atoms with Crippen molar-refractivity contribution in [3.05, 3.63) is 71.1 Å². The van der Waals surface area contributed by atoms with E-state index in [1.54, 1.807) is 24.7 Å². The number of amides is 2. The largest absolute Gasteiger partial charge is 0.420 e. The molecule has 25 heteroatoms. The van der Waals surface area contributed by atoms with Crippen LogP contribution in [-0.4, -0.2) is 189 Å². The molecule has 0 radical (unpaired) electrons. The molecule has 0 saturated carbocycles. The Hall–Kier alpha value is -5.61. The normalized spacial score (nSPS) is 12.2. The SMILES string of the molecule is CCCN(CCC)C(=O)C1=Cc2ncc(-c3cnc(CNC(=O)CCOCCOCCOCCOCCOCCOCCCOCCOCCOCCOCCC(=O)Oc4c(F)c(F)cc(F)c4F)nc3)cc2N=C(N)C1. The van der Waals surface area contributed by atoms with E-state index < -0.39 is 41.4 Å². The fourth-order valence-corrected chi connectivity index (χ4v) is 6.84.